The first-order valence-corrected chi connectivity index (χ1v) is 5.00. The maximum Gasteiger partial charge on any atom is 0.309 e. The van der Waals surface area contributed by atoms with Crippen LogP contribution in [0.3, 0.4) is 0 Å². The highest BCUT2D eigenvalue weighted by atomic mass is 16.5. The molecule has 2 atom stereocenters. The van der Waals surface area contributed by atoms with Crippen LogP contribution in [0.4, 0.5) is 0 Å². The van der Waals surface area contributed by atoms with Crippen molar-refractivity contribution in [3.8, 4) is 0 Å². The van der Waals surface area contributed by atoms with E-state index in [0.717, 1.165) is 12.8 Å². The van der Waals surface area contributed by atoms with Gasteiger partial charge in [0, 0.05) is 0 Å². The van der Waals surface area contributed by atoms with Crippen LogP contribution in [0.25, 0.3) is 0 Å². The third-order valence-corrected chi connectivity index (χ3v) is 2.59. The molecule has 0 saturated carbocycles. The fourth-order valence-corrected chi connectivity index (χ4v) is 1.90. The number of hydrogen-bond acceptors (Lipinski definition) is 2. The summed E-state index contributed by atoms with van der Waals surface area (Å²) in [6.45, 7) is 1.95. The SMILES string of the molecule is CC1CC(Cc2ccccc2)C(=O)O1. The van der Waals surface area contributed by atoms with Crippen LogP contribution in [-0.4, -0.2) is 12.1 Å². The summed E-state index contributed by atoms with van der Waals surface area (Å²) in [6.07, 6.45) is 1.76. The second kappa shape index (κ2) is 3.82. The highest BCUT2D eigenvalue weighted by Gasteiger charge is 2.31. The number of carbonyl (C=O) groups excluding carboxylic acids is 1. The molecule has 0 radical (unpaired) electrons. The first kappa shape index (κ1) is 9.25. The van der Waals surface area contributed by atoms with Crippen molar-refractivity contribution < 1.29 is 9.53 Å². The second-order valence-corrected chi connectivity index (χ2v) is 3.87. The zero-order valence-electron chi connectivity index (χ0n) is 8.27. The normalized spacial score (nSPS) is 26.2. The van der Waals surface area contributed by atoms with Crippen molar-refractivity contribution in [2.75, 3.05) is 0 Å². The average molecular weight is 190 g/mol. The number of carbonyl (C=O) groups is 1. The molecule has 0 N–H and O–H groups in total. The number of cyclic esters (lactones) is 1. The number of esters is 1. The van der Waals surface area contributed by atoms with E-state index in [2.05, 4.69) is 12.1 Å². The molecule has 14 heavy (non-hydrogen) atoms. The molecule has 0 amide bonds. The molecule has 2 unspecified atom stereocenters. The van der Waals surface area contributed by atoms with Crippen LogP contribution in [0.1, 0.15) is 18.9 Å². The van der Waals surface area contributed by atoms with Crippen molar-refractivity contribution in [1.82, 2.24) is 0 Å². The summed E-state index contributed by atoms with van der Waals surface area (Å²) >= 11 is 0. The summed E-state index contributed by atoms with van der Waals surface area (Å²) < 4.78 is 5.11. The highest BCUT2D eigenvalue weighted by Crippen LogP contribution is 2.24. The molecule has 0 spiro atoms. The number of hydrogen-bond donors (Lipinski definition) is 0. The van der Waals surface area contributed by atoms with Gasteiger partial charge in [0.25, 0.3) is 0 Å². The zero-order valence-corrected chi connectivity index (χ0v) is 8.27. The van der Waals surface area contributed by atoms with E-state index in [9.17, 15) is 4.79 Å². The molecule has 1 heterocycles. The Kier molecular flexibility index (Phi) is 2.53. The summed E-state index contributed by atoms with van der Waals surface area (Å²) in [6, 6.07) is 10.1. The fourth-order valence-electron chi connectivity index (χ4n) is 1.90. The molecule has 1 fully saturated rings. The Morgan fingerprint density at radius 1 is 1.36 bits per heavy atom. The van der Waals surface area contributed by atoms with Crippen LogP contribution in [-0.2, 0) is 16.0 Å². The van der Waals surface area contributed by atoms with Gasteiger partial charge in [0.2, 0.25) is 0 Å². The lowest BCUT2D eigenvalue weighted by Gasteiger charge is -2.04. The third-order valence-electron chi connectivity index (χ3n) is 2.59. The molecule has 0 bridgehead atoms. The molecule has 0 aromatic heterocycles. The molecule has 1 aliphatic rings. The van der Waals surface area contributed by atoms with E-state index in [1.165, 1.54) is 5.56 Å². The van der Waals surface area contributed by atoms with E-state index in [-0.39, 0.29) is 18.0 Å². The van der Waals surface area contributed by atoms with Gasteiger partial charge in [-0.3, -0.25) is 4.79 Å². The predicted octanol–water partition coefficient (Wildman–Crippen LogP) is 2.18. The van der Waals surface area contributed by atoms with Crippen molar-refractivity contribution in [2.45, 2.75) is 25.9 Å². The van der Waals surface area contributed by atoms with Crippen molar-refractivity contribution in [3.63, 3.8) is 0 Å². The molecule has 2 heteroatoms. The van der Waals surface area contributed by atoms with Gasteiger partial charge in [0.15, 0.2) is 0 Å². The topological polar surface area (TPSA) is 26.3 Å². The lowest BCUT2D eigenvalue weighted by Crippen LogP contribution is -2.10. The molecule has 1 aromatic rings. The Bertz CT molecular complexity index is 318. The fraction of sp³-hybridized carbons (Fsp3) is 0.417. The third kappa shape index (κ3) is 1.95. The summed E-state index contributed by atoms with van der Waals surface area (Å²) in [5.41, 5.74) is 1.21. The van der Waals surface area contributed by atoms with Crippen LogP contribution in [0, 0.1) is 5.92 Å². The Labute approximate surface area is 83.9 Å². The quantitative estimate of drug-likeness (QED) is 0.668. The van der Waals surface area contributed by atoms with E-state index in [0.29, 0.717) is 0 Å². The van der Waals surface area contributed by atoms with Gasteiger partial charge < -0.3 is 4.74 Å². The van der Waals surface area contributed by atoms with Gasteiger partial charge in [-0.1, -0.05) is 30.3 Å². The van der Waals surface area contributed by atoms with Crippen molar-refractivity contribution >= 4 is 5.97 Å². The molecular weight excluding hydrogens is 176 g/mol. The minimum absolute atomic E-state index is 0.0404. The molecule has 2 nitrogen and oxygen atoms in total. The van der Waals surface area contributed by atoms with Gasteiger partial charge in [-0.05, 0) is 25.3 Å². The van der Waals surface area contributed by atoms with Gasteiger partial charge in [0.05, 0.1) is 12.0 Å². The molecule has 0 aliphatic carbocycles. The second-order valence-electron chi connectivity index (χ2n) is 3.87. The molecule has 1 aromatic carbocycles. The monoisotopic (exact) mass is 190 g/mol. The molecule has 1 aliphatic heterocycles. The molecule has 74 valence electrons. The Morgan fingerprint density at radius 3 is 2.64 bits per heavy atom. The van der Waals surface area contributed by atoms with Crippen LogP contribution in [0.15, 0.2) is 30.3 Å². The van der Waals surface area contributed by atoms with Gasteiger partial charge in [0.1, 0.15) is 0 Å². The van der Waals surface area contributed by atoms with Crippen molar-refractivity contribution in [3.05, 3.63) is 35.9 Å². The van der Waals surface area contributed by atoms with E-state index >= 15 is 0 Å². The summed E-state index contributed by atoms with van der Waals surface area (Å²) in [4.78, 5) is 11.4. The largest absolute Gasteiger partial charge is 0.462 e. The van der Waals surface area contributed by atoms with Gasteiger partial charge in [-0.25, -0.2) is 0 Å². The van der Waals surface area contributed by atoms with Gasteiger partial charge >= 0.3 is 5.97 Å². The van der Waals surface area contributed by atoms with E-state index < -0.39 is 0 Å². The minimum Gasteiger partial charge on any atom is -0.462 e. The summed E-state index contributed by atoms with van der Waals surface area (Å²) in [7, 11) is 0. The van der Waals surface area contributed by atoms with Crippen LogP contribution in [0.2, 0.25) is 0 Å². The highest BCUT2D eigenvalue weighted by molar-refractivity contribution is 5.74. The van der Waals surface area contributed by atoms with Crippen LogP contribution in [0.5, 0.6) is 0 Å². The Morgan fingerprint density at radius 2 is 2.07 bits per heavy atom. The summed E-state index contributed by atoms with van der Waals surface area (Å²) in [5, 5.41) is 0. The van der Waals surface area contributed by atoms with Crippen molar-refractivity contribution in [1.29, 1.82) is 0 Å². The molecular formula is C12H14O2. The average Bonchev–Trinajstić information content (AvgIpc) is 2.47. The van der Waals surface area contributed by atoms with Gasteiger partial charge in [-0.15, -0.1) is 0 Å². The first-order chi connectivity index (χ1) is 6.75. The summed E-state index contributed by atoms with van der Waals surface area (Å²) in [5.74, 6) is 0.0220. The Balaban J connectivity index is 2.02. The standard InChI is InChI=1S/C12H14O2/c1-9-7-11(12(13)14-9)8-10-5-3-2-4-6-10/h2-6,9,11H,7-8H2,1H3. The van der Waals surface area contributed by atoms with Crippen molar-refractivity contribution in [2.24, 2.45) is 5.92 Å². The molecule has 1 saturated heterocycles. The first-order valence-electron chi connectivity index (χ1n) is 5.00. The number of benzene rings is 1. The molecule has 2 rings (SSSR count). The predicted molar refractivity (Wildman–Crippen MR) is 53.8 cm³/mol. The van der Waals surface area contributed by atoms with Crippen LogP contribution >= 0.6 is 0 Å². The zero-order chi connectivity index (χ0) is 9.97. The maximum atomic E-state index is 11.4. The van der Waals surface area contributed by atoms with E-state index in [1.54, 1.807) is 0 Å². The number of rotatable bonds is 2. The smallest absolute Gasteiger partial charge is 0.309 e. The maximum absolute atomic E-state index is 11.4. The lowest BCUT2D eigenvalue weighted by atomic mass is 9.97. The van der Waals surface area contributed by atoms with Crippen LogP contribution < -0.4 is 0 Å². The number of ether oxygens (including phenoxy) is 1. The Hall–Kier alpha value is -1.31. The van der Waals surface area contributed by atoms with E-state index in [4.69, 9.17) is 4.74 Å². The minimum atomic E-state index is -0.0404. The van der Waals surface area contributed by atoms with Gasteiger partial charge in [-0.2, -0.15) is 0 Å². The lowest BCUT2D eigenvalue weighted by molar-refractivity contribution is -0.143. The van der Waals surface area contributed by atoms with E-state index in [1.807, 2.05) is 25.1 Å².